The summed E-state index contributed by atoms with van der Waals surface area (Å²) < 4.78 is 34.7. The predicted molar refractivity (Wildman–Crippen MR) is 129 cm³/mol. The summed E-state index contributed by atoms with van der Waals surface area (Å²) in [5, 5.41) is 20.6. The van der Waals surface area contributed by atoms with Crippen LogP contribution in [0.25, 0.3) is 22.2 Å². The Bertz CT molecular complexity index is 1410. The molecule has 0 atom stereocenters. The molecular formula is C24H25F2N5O2. The number of anilines is 2. The maximum Gasteiger partial charge on any atom is 0.261 e. The van der Waals surface area contributed by atoms with Crippen LogP contribution in [0.1, 0.15) is 24.3 Å². The van der Waals surface area contributed by atoms with E-state index in [9.17, 15) is 13.6 Å². The van der Waals surface area contributed by atoms with Gasteiger partial charge in [0.1, 0.15) is 28.6 Å². The molecule has 1 heterocycles. The van der Waals surface area contributed by atoms with Crippen molar-refractivity contribution in [2.45, 2.75) is 6.92 Å². The fourth-order valence-electron chi connectivity index (χ4n) is 3.66. The molecule has 0 saturated carbocycles. The Morgan fingerprint density at radius 2 is 2.00 bits per heavy atom. The van der Waals surface area contributed by atoms with E-state index in [2.05, 4.69) is 20.8 Å². The zero-order valence-electron chi connectivity index (χ0n) is 18.1. The average molecular weight is 453 g/mol. The van der Waals surface area contributed by atoms with Gasteiger partial charge in [-0.1, -0.05) is 6.07 Å². The first-order valence-corrected chi connectivity index (χ1v) is 10.0. The molecule has 0 aliphatic rings. The van der Waals surface area contributed by atoms with Crippen LogP contribution >= 0.6 is 0 Å². The van der Waals surface area contributed by atoms with Crippen molar-refractivity contribution in [1.82, 2.24) is 10.2 Å². The topological polar surface area (TPSA) is 103 Å². The third-order valence-electron chi connectivity index (χ3n) is 5.42. The van der Waals surface area contributed by atoms with Gasteiger partial charge in [-0.15, -0.1) is 0 Å². The quantitative estimate of drug-likeness (QED) is 0.285. The molecule has 0 aliphatic carbocycles. The van der Waals surface area contributed by atoms with Crippen molar-refractivity contribution in [3.63, 3.8) is 0 Å². The second-order valence-electron chi connectivity index (χ2n) is 7.37. The molecule has 33 heavy (non-hydrogen) atoms. The van der Waals surface area contributed by atoms with E-state index < -0.39 is 23.1 Å². The van der Waals surface area contributed by atoms with Crippen LogP contribution < -0.4 is 15.4 Å². The molecule has 9 heteroatoms. The summed E-state index contributed by atoms with van der Waals surface area (Å²) in [7, 11) is 3.05. The Hall–Kier alpha value is -4.27. The first-order chi connectivity index (χ1) is 15.9. The molecule has 7 nitrogen and oxygen atoms in total. The molecule has 4 rings (SSSR count). The van der Waals surface area contributed by atoms with Crippen LogP contribution in [-0.2, 0) is 0 Å². The van der Waals surface area contributed by atoms with E-state index in [1.165, 1.54) is 7.05 Å². The lowest BCUT2D eigenvalue weighted by molar-refractivity contribution is 0.101. The minimum atomic E-state index is -1.11. The number of H-pyrrole nitrogens is 1. The van der Waals surface area contributed by atoms with E-state index in [0.717, 1.165) is 34.3 Å². The van der Waals surface area contributed by atoms with Crippen molar-refractivity contribution in [2.75, 3.05) is 24.8 Å². The van der Waals surface area contributed by atoms with Gasteiger partial charge in [-0.05, 0) is 48.9 Å². The SMILES string of the molecule is CNc1cc(F)c(C(=O)Nc2ccc3[nH]nc(-c4cc(OC)ccc4C)c3c2)c(F)c1C=N.[HH].[HH]. The van der Waals surface area contributed by atoms with Crippen molar-refractivity contribution in [1.29, 1.82) is 5.41 Å². The van der Waals surface area contributed by atoms with E-state index in [1.807, 2.05) is 25.1 Å². The Labute approximate surface area is 191 Å². The van der Waals surface area contributed by atoms with Crippen LogP contribution in [0.5, 0.6) is 5.75 Å². The van der Waals surface area contributed by atoms with Crippen LogP contribution in [0, 0.1) is 24.0 Å². The van der Waals surface area contributed by atoms with E-state index in [0.29, 0.717) is 17.1 Å². The van der Waals surface area contributed by atoms with E-state index >= 15 is 0 Å². The summed E-state index contributed by atoms with van der Waals surface area (Å²) in [5.41, 5.74) is 2.66. The number of nitrogens with zero attached hydrogens (tertiary/aromatic N) is 1. The molecule has 4 aromatic rings. The standard InChI is InChI=1S/C24H21F2N5O2.2H2/c1-12-4-6-14(33-3)9-15(12)23-16-8-13(5-7-19(16)30-31-23)29-24(32)21-18(25)10-20(28-2)17(11-27)22(21)26;;/h4-11,27-28H,1-3H3,(H,29,32)(H,30,31);2*1H. The lowest BCUT2D eigenvalue weighted by Crippen LogP contribution is -2.18. The number of fused-ring (bicyclic) bond motifs is 1. The Morgan fingerprint density at radius 3 is 2.70 bits per heavy atom. The number of ether oxygens (including phenoxy) is 1. The molecule has 1 aromatic heterocycles. The minimum absolute atomic E-state index is 0. The number of rotatable bonds is 6. The van der Waals surface area contributed by atoms with Crippen LogP contribution in [0.3, 0.4) is 0 Å². The highest BCUT2D eigenvalue weighted by Gasteiger charge is 2.23. The number of hydrogen-bond donors (Lipinski definition) is 4. The van der Waals surface area contributed by atoms with Gasteiger partial charge in [0, 0.05) is 38.4 Å². The van der Waals surface area contributed by atoms with Crippen LogP contribution in [0.2, 0.25) is 0 Å². The monoisotopic (exact) mass is 453 g/mol. The second-order valence-corrected chi connectivity index (χ2v) is 7.37. The molecule has 1 amide bonds. The number of aromatic amines is 1. The van der Waals surface area contributed by atoms with Gasteiger partial charge in [0.05, 0.1) is 18.2 Å². The van der Waals surface area contributed by atoms with Gasteiger partial charge >= 0.3 is 0 Å². The Balaban J connectivity index is 0.00000216. The lowest BCUT2D eigenvalue weighted by atomic mass is 10.0. The van der Waals surface area contributed by atoms with Crippen LogP contribution in [0.4, 0.5) is 20.2 Å². The van der Waals surface area contributed by atoms with E-state index in [1.54, 1.807) is 25.3 Å². The van der Waals surface area contributed by atoms with Crippen molar-refractivity contribution in [3.8, 4) is 17.0 Å². The van der Waals surface area contributed by atoms with Crippen LogP contribution in [-0.4, -0.2) is 36.5 Å². The zero-order chi connectivity index (χ0) is 23.7. The number of aromatic nitrogens is 2. The molecule has 0 aliphatic heterocycles. The Kier molecular flexibility index (Phi) is 5.78. The van der Waals surface area contributed by atoms with Gasteiger partial charge in [-0.2, -0.15) is 5.10 Å². The smallest absolute Gasteiger partial charge is 0.261 e. The van der Waals surface area contributed by atoms with Gasteiger partial charge in [0.25, 0.3) is 5.91 Å². The van der Waals surface area contributed by atoms with Gasteiger partial charge in [-0.3, -0.25) is 9.89 Å². The van der Waals surface area contributed by atoms with Crippen molar-refractivity contribution >= 4 is 34.4 Å². The minimum Gasteiger partial charge on any atom is -0.497 e. The number of nitrogens with one attached hydrogen (secondary N) is 4. The summed E-state index contributed by atoms with van der Waals surface area (Å²) in [4.78, 5) is 12.8. The molecule has 0 radical (unpaired) electrons. The number of amides is 1. The molecular weight excluding hydrogens is 428 g/mol. The van der Waals surface area contributed by atoms with Crippen molar-refractivity contribution in [2.24, 2.45) is 0 Å². The molecule has 172 valence electrons. The van der Waals surface area contributed by atoms with Gasteiger partial charge in [0.2, 0.25) is 0 Å². The lowest BCUT2D eigenvalue weighted by Gasteiger charge is -2.12. The van der Waals surface area contributed by atoms with Gasteiger partial charge in [-0.25, -0.2) is 8.78 Å². The molecule has 4 N–H and O–H groups in total. The number of hydrogen-bond acceptors (Lipinski definition) is 5. The number of methoxy groups -OCH3 is 1. The molecule has 3 aromatic carbocycles. The van der Waals surface area contributed by atoms with Crippen molar-refractivity contribution < 1.29 is 21.2 Å². The third-order valence-corrected chi connectivity index (χ3v) is 5.42. The summed E-state index contributed by atoms with van der Waals surface area (Å²) in [6.07, 6.45) is 0.734. The Morgan fingerprint density at radius 1 is 1.21 bits per heavy atom. The summed E-state index contributed by atoms with van der Waals surface area (Å²) in [6.45, 7) is 1.95. The average Bonchev–Trinajstić information content (AvgIpc) is 3.22. The number of benzene rings is 3. The molecule has 0 bridgehead atoms. The van der Waals surface area contributed by atoms with Crippen LogP contribution in [0.15, 0.2) is 42.5 Å². The highest BCUT2D eigenvalue weighted by atomic mass is 19.1. The van der Waals surface area contributed by atoms with Gasteiger partial charge in [0.15, 0.2) is 0 Å². The highest BCUT2D eigenvalue weighted by Crippen LogP contribution is 2.33. The number of carbonyl (C=O) groups is 1. The molecule has 0 fully saturated rings. The maximum atomic E-state index is 14.8. The van der Waals surface area contributed by atoms with E-state index in [-0.39, 0.29) is 14.1 Å². The normalized spacial score (nSPS) is 10.8. The van der Waals surface area contributed by atoms with Gasteiger partial charge < -0.3 is 20.8 Å². The maximum absolute atomic E-state index is 14.8. The fourth-order valence-corrected chi connectivity index (χ4v) is 3.66. The molecule has 0 spiro atoms. The zero-order valence-corrected chi connectivity index (χ0v) is 18.1. The number of halogens is 2. The fraction of sp³-hybridized carbons (Fsp3) is 0.125. The van der Waals surface area contributed by atoms with E-state index in [4.69, 9.17) is 10.1 Å². The highest BCUT2D eigenvalue weighted by molar-refractivity contribution is 6.07. The molecule has 0 unspecified atom stereocenters. The first-order valence-electron chi connectivity index (χ1n) is 10.0. The largest absolute Gasteiger partial charge is 0.497 e. The molecule has 0 saturated heterocycles. The predicted octanol–water partition coefficient (Wildman–Crippen LogP) is 5.61. The number of carbonyl (C=O) groups excluding carboxylic acids is 1. The van der Waals surface area contributed by atoms with Crippen molar-refractivity contribution in [3.05, 3.63) is 70.8 Å². The third kappa shape index (κ3) is 3.89. The number of aryl methyl sites for hydroxylation is 1. The summed E-state index contributed by atoms with van der Waals surface area (Å²) >= 11 is 0. The summed E-state index contributed by atoms with van der Waals surface area (Å²) in [6, 6.07) is 11.6. The first kappa shape index (κ1) is 21.9. The summed E-state index contributed by atoms with van der Waals surface area (Å²) in [5.74, 6) is -2.42. The second kappa shape index (κ2) is 8.70.